The molecule has 1 aromatic carbocycles. The predicted molar refractivity (Wildman–Crippen MR) is 113 cm³/mol. The van der Waals surface area contributed by atoms with Gasteiger partial charge in [0.05, 0.1) is 23.2 Å². The van der Waals surface area contributed by atoms with Crippen LogP contribution >= 0.6 is 23.4 Å². The summed E-state index contributed by atoms with van der Waals surface area (Å²) in [4.78, 5) is 42.6. The molecule has 152 valence electrons. The molecular formula is C19H25ClN4O3S. The maximum atomic E-state index is 12.9. The van der Waals surface area contributed by atoms with E-state index in [-0.39, 0.29) is 29.7 Å². The lowest BCUT2D eigenvalue weighted by atomic mass is 10.2. The molecule has 0 fully saturated rings. The van der Waals surface area contributed by atoms with Crippen molar-refractivity contribution in [2.24, 2.45) is 0 Å². The molecule has 2 rings (SSSR count). The number of hydrogen-bond acceptors (Lipinski definition) is 5. The van der Waals surface area contributed by atoms with E-state index in [1.54, 1.807) is 29.8 Å². The third-order valence-electron chi connectivity index (χ3n) is 4.28. The lowest BCUT2D eigenvalue weighted by Crippen LogP contribution is -2.37. The summed E-state index contributed by atoms with van der Waals surface area (Å²) in [7, 11) is 3.09. The number of halogens is 1. The highest BCUT2D eigenvalue weighted by molar-refractivity contribution is 7.99. The zero-order valence-corrected chi connectivity index (χ0v) is 17.9. The van der Waals surface area contributed by atoms with Crippen molar-refractivity contribution in [1.29, 1.82) is 0 Å². The number of nitrogens with zero attached hydrogens (tertiary/aromatic N) is 3. The molecule has 0 aliphatic heterocycles. The average Bonchev–Trinajstić information content (AvgIpc) is 2.67. The van der Waals surface area contributed by atoms with Crippen molar-refractivity contribution in [2.75, 3.05) is 26.4 Å². The van der Waals surface area contributed by atoms with Crippen LogP contribution < -0.4 is 10.9 Å². The van der Waals surface area contributed by atoms with E-state index in [0.717, 1.165) is 19.3 Å². The molecule has 1 heterocycles. The number of carbonyl (C=O) groups excluding carboxylic acids is 2. The minimum atomic E-state index is -0.240. The molecule has 0 spiro atoms. The van der Waals surface area contributed by atoms with Crippen LogP contribution in [0.15, 0.2) is 28.2 Å². The van der Waals surface area contributed by atoms with Crippen molar-refractivity contribution in [3.63, 3.8) is 0 Å². The third kappa shape index (κ3) is 5.72. The summed E-state index contributed by atoms with van der Waals surface area (Å²) in [5.41, 5.74) is 0.379. The summed E-state index contributed by atoms with van der Waals surface area (Å²) < 4.78 is 1.63. The van der Waals surface area contributed by atoms with Crippen LogP contribution in [0.1, 0.15) is 26.2 Å². The van der Waals surface area contributed by atoms with Crippen LogP contribution in [0.2, 0.25) is 5.02 Å². The number of hydrogen-bond donors (Lipinski definition) is 1. The average molecular weight is 425 g/mol. The largest absolute Gasteiger partial charge is 0.358 e. The van der Waals surface area contributed by atoms with E-state index >= 15 is 0 Å². The standard InChI is InChI=1S/C19H25ClN4O3S/c1-4-5-6-9-24-18(27)14-8-7-13(20)10-15(14)22-19(24)28-12-17(26)23(3)11-16(25)21-2/h7-8,10H,4-6,9,11-12H2,1-3H3,(H,21,25). The summed E-state index contributed by atoms with van der Waals surface area (Å²) in [5.74, 6) is -0.371. The predicted octanol–water partition coefficient (Wildman–Crippen LogP) is 2.54. The molecule has 0 aliphatic rings. The summed E-state index contributed by atoms with van der Waals surface area (Å²) in [6.45, 7) is 2.63. The lowest BCUT2D eigenvalue weighted by molar-refractivity contribution is -0.132. The van der Waals surface area contributed by atoms with Gasteiger partial charge in [-0.05, 0) is 24.6 Å². The fourth-order valence-corrected chi connectivity index (χ4v) is 3.75. The van der Waals surface area contributed by atoms with Gasteiger partial charge in [-0.15, -0.1) is 0 Å². The van der Waals surface area contributed by atoms with E-state index in [1.807, 2.05) is 0 Å². The zero-order chi connectivity index (χ0) is 20.7. The maximum absolute atomic E-state index is 12.9. The summed E-state index contributed by atoms with van der Waals surface area (Å²) >= 11 is 7.24. The minimum absolute atomic E-state index is 0.0139. The Kier molecular flexibility index (Phi) is 8.32. The zero-order valence-electron chi connectivity index (χ0n) is 16.3. The number of fused-ring (bicyclic) bond motifs is 1. The van der Waals surface area contributed by atoms with Crippen LogP contribution in [0.25, 0.3) is 10.9 Å². The van der Waals surface area contributed by atoms with Crippen LogP contribution in [0.3, 0.4) is 0 Å². The van der Waals surface area contributed by atoms with Gasteiger partial charge in [-0.3, -0.25) is 19.0 Å². The highest BCUT2D eigenvalue weighted by Crippen LogP contribution is 2.21. The molecule has 0 aliphatic carbocycles. The molecule has 7 nitrogen and oxygen atoms in total. The quantitative estimate of drug-likeness (QED) is 0.380. The molecule has 28 heavy (non-hydrogen) atoms. The van der Waals surface area contributed by atoms with Crippen LogP contribution in [0.5, 0.6) is 0 Å². The molecule has 9 heteroatoms. The van der Waals surface area contributed by atoms with Gasteiger partial charge >= 0.3 is 0 Å². The first-order valence-corrected chi connectivity index (χ1v) is 10.5. The number of unbranched alkanes of at least 4 members (excludes halogenated alkanes) is 2. The summed E-state index contributed by atoms with van der Waals surface area (Å²) in [6.07, 6.45) is 2.90. The second kappa shape index (κ2) is 10.5. The van der Waals surface area contributed by atoms with E-state index in [2.05, 4.69) is 17.2 Å². The first-order valence-electron chi connectivity index (χ1n) is 9.14. The second-order valence-electron chi connectivity index (χ2n) is 6.43. The van der Waals surface area contributed by atoms with Gasteiger partial charge in [0.25, 0.3) is 5.56 Å². The molecule has 1 N–H and O–H groups in total. The van der Waals surface area contributed by atoms with Crippen molar-refractivity contribution < 1.29 is 9.59 Å². The SMILES string of the molecule is CCCCCn1c(SCC(=O)N(C)CC(=O)NC)nc2cc(Cl)ccc2c1=O. The number of amides is 2. The Morgan fingerprint density at radius 2 is 2.07 bits per heavy atom. The fraction of sp³-hybridized carbons (Fsp3) is 0.474. The number of carbonyl (C=O) groups is 2. The van der Waals surface area contributed by atoms with Gasteiger partial charge < -0.3 is 10.2 Å². The topological polar surface area (TPSA) is 84.3 Å². The van der Waals surface area contributed by atoms with E-state index in [4.69, 9.17) is 11.6 Å². The second-order valence-corrected chi connectivity index (χ2v) is 7.81. The van der Waals surface area contributed by atoms with Gasteiger partial charge in [0.1, 0.15) is 0 Å². The number of thioether (sulfide) groups is 1. The van der Waals surface area contributed by atoms with Gasteiger partial charge in [-0.1, -0.05) is 43.1 Å². The smallest absolute Gasteiger partial charge is 0.262 e. The number of nitrogens with one attached hydrogen (secondary N) is 1. The normalized spacial score (nSPS) is 10.9. The maximum Gasteiger partial charge on any atom is 0.262 e. The van der Waals surface area contributed by atoms with Gasteiger partial charge in [0.2, 0.25) is 11.8 Å². The Morgan fingerprint density at radius 1 is 1.32 bits per heavy atom. The van der Waals surface area contributed by atoms with Crippen LogP contribution in [0, 0.1) is 0 Å². The van der Waals surface area contributed by atoms with E-state index in [9.17, 15) is 14.4 Å². The number of likely N-dealkylation sites (N-methyl/N-ethyl adjacent to an activating group) is 2. The lowest BCUT2D eigenvalue weighted by Gasteiger charge is -2.17. The highest BCUT2D eigenvalue weighted by atomic mass is 35.5. The minimum Gasteiger partial charge on any atom is -0.358 e. The Hall–Kier alpha value is -2.06. The molecule has 2 aromatic rings. The van der Waals surface area contributed by atoms with Crippen molar-refractivity contribution in [3.8, 4) is 0 Å². The number of benzene rings is 1. The Balaban J connectivity index is 2.27. The summed E-state index contributed by atoms with van der Waals surface area (Å²) in [6, 6.07) is 5.01. The van der Waals surface area contributed by atoms with Gasteiger partial charge in [-0.2, -0.15) is 0 Å². The highest BCUT2D eigenvalue weighted by Gasteiger charge is 2.16. The van der Waals surface area contributed by atoms with Crippen LogP contribution in [-0.4, -0.2) is 52.7 Å². The first-order chi connectivity index (χ1) is 13.4. The molecule has 2 amide bonds. The Morgan fingerprint density at radius 3 is 2.75 bits per heavy atom. The molecular weight excluding hydrogens is 400 g/mol. The fourth-order valence-electron chi connectivity index (χ4n) is 2.62. The molecule has 0 saturated heterocycles. The van der Waals surface area contributed by atoms with Crippen molar-refractivity contribution in [1.82, 2.24) is 19.8 Å². The van der Waals surface area contributed by atoms with Crippen LogP contribution in [-0.2, 0) is 16.1 Å². The van der Waals surface area contributed by atoms with E-state index < -0.39 is 0 Å². The molecule has 0 radical (unpaired) electrons. The molecule has 1 aromatic heterocycles. The monoisotopic (exact) mass is 424 g/mol. The van der Waals surface area contributed by atoms with Crippen LogP contribution in [0.4, 0.5) is 0 Å². The molecule has 0 atom stereocenters. The van der Waals surface area contributed by atoms with Crippen molar-refractivity contribution in [3.05, 3.63) is 33.6 Å². The third-order valence-corrected chi connectivity index (χ3v) is 5.47. The number of aromatic nitrogens is 2. The molecule has 0 saturated carbocycles. The van der Waals surface area contributed by atoms with Gasteiger partial charge in [-0.25, -0.2) is 4.98 Å². The van der Waals surface area contributed by atoms with E-state index in [0.29, 0.717) is 27.6 Å². The molecule has 0 unspecified atom stereocenters. The Bertz CT molecular complexity index is 916. The van der Waals surface area contributed by atoms with Gasteiger partial charge in [0.15, 0.2) is 5.16 Å². The van der Waals surface area contributed by atoms with Crippen molar-refractivity contribution >= 4 is 46.1 Å². The van der Waals surface area contributed by atoms with Crippen molar-refractivity contribution in [2.45, 2.75) is 37.9 Å². The Labute approximate surface area is 173 Å². The molecule has 0 bridgehead atoms. The first kappa shape index (κ1) is 22.2. The number of rotatable bonds is 9. The summed E-state index contributed by atoms with van der Waals surface area (Å²) in [5, 5.41) is 3.98. The van der Waals surface area contributed by atoms with E-state index in [1.165, 1.54) is 23.7 Å². The van der Waals surface area contributed by atoms with Gasteiger partial charge in [0, 0.05) is 25.7 Å².